The van der Waals surface area contributed by atoms with Crippen LogP contribution in [0.4, 0.5) is 5.82 Å². The summed E-state index contributed by atoms with van der Waals surface area (Å²) in [6.07, 6.45) is 0.904. The van der Waals surface area contributed by atoms with Gasteiger partial charge in [0.05, 0.1) is 0 Å². The zero-order valence-electron chi connectivity index (χ0n) is 20.2. The quantitative estimate of drug-likeness (QED) is 0.457. The van der Waals surface area contributed by atoms with E-state index in [1.807, 2.05) is 17.0 Å². The number of rotatable bonds is 7. The average Bonchev–Trinajstić information content (AvgIpc) is 2.87. The number of nitrogens with zero attached hydrogens (tertiary/aromatic N) is 6. The highest BCUT2D eigenvalue weighted by atomic mass is 32.2. The van der Waals surface area contributed by atoms with Crippen molar-refractivity contribution in [3.8, 4) is 0 Å². The van der Waals surface area contributed by atoms with Crippen molar-refractivity contribution < 1.29 is 4.79 Å². The van der Waals surface area contributed by atoms with Gasteiger partial charge in [0.2, 0.25) is 0 Å². The molecule has 2 aromatic rings. The second-order valence-corrected chi connectivity index (χ2v) is 9.80. The molecule has 0 radical (unpaired) electrons. The number of piperazine rings is 2. The van der Waals surface area contributed by atoms with E-state index in [4.69, 9.17) is 9.97 Å². The summed E-state index contributed by atoms with van der Waals surface area (Å²) in [4.78, 5) is 31.5. The average molecular weight is 469 g/mol. The Morgan fingerprint density at radius 1 is 0.939 bits per heavy atom. The minimum Gasteiger partial charge on any atom is -0.354 e. The largest absolute Gasteiger partial charge is 0.354 e. The summed E-state index contributed by atoms with van der Waals surface area (Å²) in [6.45, 7) is 13.2. The van der Waals surface area contributed by atoms with E-state index < -0.39 is 0 Å². The van der Waals surface area contributed by atoms with Crippen LogP contribution in [0, 0.1) is 0 Å². The Bertz CT molecular complexity index is 921. The van der Waals surface area contributed by atoms with Crippen LogP contribution >= 0.6 is 11.8 Å². The molecule has 7 nitrogen and oxygen atoms in total. The molecule has 2 fully saturated rings. The van der Waals surface area contributed by atoms with Crippen molar-refractivity contribution in [2.45, 2.75) is 31.2 Å². The molecule has 33 heavy (non-hydrogen) atoms. The standard InChI is InChI=1S/C25H36N6OS/c1-4-22-18-23(30-16-12-29(5-2)13-17-30)27-25(26-22)33-19-20-6-8-21(9-7-20)24(32)31-14-10-28(3)11-15-31/h6-9,18H,4-5,10-17,19H2,1-3H3. The predicted molar refractivity (Wildman–Crippen MR) is 135 cm³/mol. The molecule has 1 aromatic heterocycles. The van der Waals surface area contributed by atoms with Crippen LogP contribution in [0.3, 0.4) is 0 Å². The molecule has 0 N–H and O–H groups in total. The molecule has 0 bridgehead atoms. The maximum atomic E-state index is 12.8. The zero-order valence-corrected chi connectivity index (χ0v) is 21.0. The Hall–Kier alpha value is -2.16. The molecule has 178 valence electrons. The molecule has 2 aliphatic heterocycles. The lowest BCUT2D eigenvalue weighted by atomic mass is 10.1. The van der Waals surface area contributed by atoms with Gasteiger partial charge in [0, 0.05) is 75.4 Å². The predicted octanol–water partition coefficient (Wildman–Crippen LogP) is 2.86. The molecule has 1 amide bonds. The van der Waals surface area contributed by atoms with Gasteiger partial charge in [-0.3, -0.25) is 4.79 Å². The van der Waals surface area contributed by atoms with Crippen LogP contribution in [0.15, 0.2) is 35.5 Å². The second-order valence-electron chi connectivity index (χ2n) is 8.86. The molecule has 8 heteroatoms. The van der Waals surface area contributed by atoms with E-state index in [0.717, 1.165) is 93.3 Å². The van der Waals surface area contributed by atoms with E-state index >= 15 is 0 Å². The molecule has 0 aliphatic carbocycles. The minimum absolute atomic E-state index is 0.133. The summed E-state index contributed by atoms with van der Waals surface area (Å²) < 4.78 is 0. The van der Waals surface area contributed by atoms with Gasteiger partial charge in [-0.05, 0) is 37.7 Å². The highest BCUT2D eigenvalue weighted by Crippen LogP contribution is 2.24. The molecule has 0 spiro atoms. The molecule has 0 saturated carbocycles. The van der Waals surface area contributed by atoms with Crippen LogP contribution < -0.4 is 4.90 Å². The van der Waals surface area contributed by atoms with Gasteiger partial charge >= 0.3 is 0 Å². The minimum atomic E-state index is 0.133. The fourth-order valence-electron chi connectivity index (χ4n) is 4.24. The van der Waals surface area contributed by atoms with Crippen molar-refractivity contribution >= 4 is 23.5 Å². The first-order valence-corrected chi connectivity index (χ1v) is 13.1. The van der Waals surface area contributed by atoms with Crippen molar-refractivity contribution in [1.29, 1.82) is 0 Å². The Labute approximate surface area is 202 Å². The lowest BCUT2D eigenvalue weighted by Gasteiger charge is -2.34. The third-order valence-corrected chi connectivity index (χ3v) is 7.53. The zero-order chi connectivity index (χ0) is 23.2. The Morgan fingerprint density at radius 3 is 2.27 bits per heavy atom. The van der Waals surface area contributed by atoms with E-state index in [2.05, 4.69) is 53.8 Å². The molecule has 2 saturated heterocycles. The molecular weight excluding hydrogens is 432 g/mol. The first kappa shape index (κ1) is 24.0. The van der Waals surface area contributed by atoms with Gasteiger partial charge in [-0.15, -0.1) is 0 Å². The number of carbonyl (C=O) groups excluding carboxylic acids is 1. The SMILES string of the molecule is CCc1cc(N2CCN(CC)CC2)nc(SCc2ccc(C(=O)N3CCN(C)CC3)cc2)n1. The molecule has 3 heterocycles. The number of thioether (sulfide) groups is 1. The van der Waals surface area contributed by atoms with E-state index in [1.165, 1.54) is 5.56 Å². The summed E-state index contributed by atoms with van der Waals surface area (Å²) in [6, 6.07) is 10.2. The molecule has 0 unspecified atom stereocenters. The molecule has 4 rings (SSSR count). The Morgan fingerprint density at radius 2 is 1.64 bits per heavy atom. The number of hydrogen-bond acceptors (Lipinski definition) is 7. The Balaban J connectivity index is 1.37. The van der Waals surface area contributed by atoms with Gasteiger partial charge in [-0.1, -0.05) is 37.7 Å². The van der Waals surface area contributed by atoms with Gasteiger partial charge in [-0.2, -0.15) is 0 Å². The van der Waals surface area contributed by atoms with Crippen LogP contribution in [0.1, 0.15) is 35.5 Å². The van der Waals surface area contributed by atoms with Crippen LogP contribution in [-0.4, -0.2) is 96.5 Å². The van der Waals surface area contributed by atoms with Crippen molar-refractivity contribution in [1.82, 2.24) is 24.7 Å². The summed E-state index contributed by atoms with van der Waals surface area (Å²) in [5, 5.41) is 0.833. The number of benzene rings is 1. The maximum Gasteiger partial charge on any atom is 0.253 e. The van der Waals surface area contributed by atoms with Crippen molar-refractivity contribution in [2.24, 2.45) is 0 Å². The first-order chi connectivity index (χ1) is 16.1. The lowest BCUT2D eigenvalue weighted by Crippen LogP contribution is -2.47. The number of hydrogen-bond donors (Lipinski definition) is 0. The van der Waals surface area contributed by atoms with E-state index in [1.54, 1.807) is 11.8 Å². The van der Waals surface area contributed by atoms with Crippen molar-refractivity contribution in [3.63, 3.8) is 0 Å². The highest BCUT2D eigenvalue weighted by Gasteiger charge is 2.21. The van der Waals surface area contributed by atoms with Crippen molar-refractivity contribution in [3.05, 3.63) is 47.2 Å². The summed E-state index contributed by atoms with van der Waals surface area (Å²) in [5.41, 5.74) is 3.04. The third-order valence-electron chi connectivity index (χ3n) is 6.61. The lowest BCUT2D eigenvalue weighted by molar-refractivity contribution is 0.0664. The third kappa shape index (κ3) is 6.25. The molecule has 0 atom stereocenters. The van der Waals surface area contributed by atoms with E-state index in [9.17, 15) is 4.79 Å². The second kappa shape index (κ2) is 11.3. The highest BCUT2D eigenvalue weighted by molar-refractivity contribution is 7.98. The molecular formula is C25H36N6OS. The number of likely N-dealkylation sites (N-methyl/N-ethyl adjacent to an activating group) is 2. The smallest absolute Gasteiger partial charge is 0.253 e. The number of aryl methyl sites for hydroxylation is 1. The van der Waals surface area contributed by atoms with Gasteiger partial charge in [0.1, 0.15) is 5.82 Å². The maximum absolute atomic E-state index is 12.8. The topological polar surface area (TPSA) is 55.8 Å². The first-order valence-electron chi connectivity index (χ1n) is 12.1. The van der Waals surface area contributed by atoms with Crippen molar-refractivity contribution in [2.75, 3.05) is 70.9 Å². The number of carbonyl (C=O) groups is 1. The van der Waals surface area contributed by atoms with Crippen LogP contribution in [0.2, 0.25) is 0 Å². The molecule has 1 aromatic carbocycles. The number of aromatic nitrogens is 2. The number of amides is 1. The monoisotopic (exact) mass is 468 g/mol. The molecule has 2 aliphatic rings. The van der Waals surface area contributed by atoms with Gasteiger partial charge in [0.15, 0.2) is 5.16 Å². The number of anilines is 1. The summed E-state index contributed by atoms with van der Waals surface area (Å²) in [5.74, 6) is 1.97. The van der Waals surface area contributed by atoms with E-state index in [0.29, 0.717) is 0 Å². The van der Waals surface area contributed by atoms with Gasteiger partial charge in [0.25, 0.3) is 5.91 Å². The summed E-state index contributed by atoms with van der Waals surface area (Å²) in [7, 11) is 2.10. The van der Waals surface area contributed by atoms with Crippen LogP contribution in [0.25, 0.3) is 0 Å². The normalized spacial score (nSPS) is 18.0. The van der Waals surface area contributed by atoms with E-state index in [-0.39, 0.29) is 5.91 Å². The van der Waals surface area contributed by atoms with Gasteiger partial charge in [-0.25, -0.2) is 9.97 Å². The van der Waals surface area contributed by atoms with Crippen LogP contribution in [0.5, 0.6) is 0 Å². The van der Waals surface area contributed by atoms with Gasteiger partial charge < -0.3 is 19.6 Å². The fourth-order valence-corrected chi connectivity index (χ4v) is 5.07. The summed E-state index contributed by atoms with van der Waals surface area (Å²) >= 11 is 1.67. The Kier molecular flexibility index (Phi) is 8.22. The van der Waals surface area contributed by atoms with Crippen LogP contribution in [-0.2, 0) is 12.2 Å². The fraction of sp³-hybridized carbons (Fsp3) is 0.560.